The minimum atomic E-state index is -4.55. The number of benzene rings is 1. The van der Waals surface area contributed by atoms with Crippen LogP contribution in [0.1, 0.15) is 58.9 Å². The Labute approximate surface area is 238 Å². The Kier molecular flexibility index (Phi) is 7.89. The van der Waals surface area contributed by atoms with Crippen LogP contribution in [-0.2, 0) is 26.9 Å². The fourth-order valence-electron chi connectivity index (χ4n) is 5.02. The summed E-state index contributed by atoms with van der Waals surface area (Å²) < 4.78 is 52.8. The van der Waals surface area contributed by atoms with Crippen LogP contribution in [0.25, 0.3) is 0 Å². The van der Waals surface area contributed by atoms with Crippen LogP contribution in [0.4, 0.5) is 13.2 Å². The topological polar surface area (TPSA) is 89.7 Å². The zero-order valence-electron chi connectivity index (χ0n) is 22.1. The lowest BCUT2D eigenvalue weighted by atomic mass is 9.97. The van der Waals surface area contributed by atoms with Crippen LogP contribution in [0.15, 0.2) is 34.8 Å². The maximum atomic E-state index is 12.9. The van der Waals surface area contributed by atoms with Crippen molar-refractivity contribution < 1.29 is 27.4 Å². The maximum absolute atomic E-state index is 12.9. The molecule has 8 nitrogen and oxygen atoms in total. The lowest BCUT2D eigenvalue weighted by Crippen LogP contribution is -2.40. The van der Waals surface area contributed by atoms with Gasteiger partial charge in [0.05, 0.1) is 10.7 Å². The predicted octanol–water partition coefficient (Wildman–Crippen LogP) is 5.84. The third kappa shape index (κ3) is 5.99. The average molecular weight is 614 g/mol. The van der Waals surface area contributed by atoms with Crippen LogP contribution >= 0.6 is 30.1 Å². The molecule has 2 aliphatic heterocycles. The summed E-state index contributed by atoms with van der Waals surface area (Å²) in [6.45, 7) is 5.65. The van der Waals surface area contributed by atoms with Crippen molar-refractivity contribution in [3.8, 4) is 0 Å². The quantitative estimate of drug-likeness (QED) is 0.326. The molecule has 1 aromatic carbocycles. The normalized spacial score (nSPS) is 18.6. The van der Waals surface area contributed by atoms with Crippen LogP contribution in [0.5, 0.6) is 0 Å². The Morgan fingerprint density at radius 2 is 1.98 bits per heavy atom. The number of carbonyl (C=O) groups is 1. The Morgan fingerprint density at radius 1 is 1.25 bits per heavy atom. The number of thiazole rings is 1. The number of piperidine rings is 1. The molecule has 2 aliphatic rings. The van der Waals surface area contributed by atoms with Crippen molar-refractivity contribution >= 4 is 47.0 Å². The van der Waals surface area contributed by atoms with E-state index in [-0.39, 0.29) is 24.1 Å². The van der Waals surface area contributed by atoms with E-state index in [1.807, 2.05) is 11.4 Å². The third-order valence-corrected chi connectivity index (χ3v) is 10.1. The van der Waals surface area contributed by atoms with Gasteiger partial charge in [-0.1, -0.05) is 28.9 Å². The molecule has 0 radical (unpaired) electrons. The largest absolute Gasteiger partial charge is 0.435 e. The predicted molar refractivity (Wildman–Crippen MR) is 148 cm³/mol. The zero-order chi connectivity index (χ0) is 28.8. The van der Waals surface area contributed by atoms with E-state index in [9.17, 15) is 22.5 Å². The molecule has 1 atom stereocenters. The fraction of sp³-hybridized carbons (Fsp3) is 0.462. The number of carbonyl (C=O) groups excluding carboxylic acids is 1. The number of likely N-dealkylation sites (tertiary alicyclic amines) is 1. The lowest BCUT2D eigenvalue weighted by Gasteiger charge is -2.31. The van der Waals surface area contributed by atoms with Crippen LogP contribution in [0.3, 0.4) is 0 Å². The smallest absolute Gasteiger partial charge is 0.387 e. The van der Waals surface area contributed by atoms with E-state index in [0.29, 0.717) is 54.0 Å². The molecule has 40 heavy (non-hydrogen) atoms. The van der Waals surface area contributed by atoms with Crippen LogP contribution in [0.2, 0.25) is 5.02 Å². The number of hydrogen-bond acceptors (Lipinski definition) is 7. The molecule has 0 N–H and O–H groups in total. The molecule has 1 unspecified atom stereocenters. The molecule has 1 fully saturated rings. The standard InChI is InChI=1S/C26H28ClF3N5O3PS/c1-15-11-22(26(28,29)30)32-35(15)13-23(36)34-9-7-16(8-10-34)25-31-19(14-40-25)18-12-20(38-33-18)24-17(27)5-4-6-21(24)39(2,3)37/h4-6,11,14,16,20H,7-10,12-13H2,1-3H3. The molecule has 0 aliphatic carbocycles. The van der Waals surface area contributed by atoms with Gasteiger partial charge in [-0.3, -0.25) is 9.48 Å². The van der Waals surface area contributed by atoms with E-state index < -0.39 is 25.1 Å². The Balaban J connectivity index is 1.19. The first kappa shape index (κ1) is 28.8. The first-order chi connectivity index (χ1) is 18.8. The molecule has 1 amide bonds. The number of aryl methyl sites for hydroxylation is 1. The number of halogens is 4. The Bertz CT molecular complexity index is 1510. The summed E-state index contributed by atoms with van der Waals surface area (Å²) >= 11 is 8.01. The molecule has 0 spiro atoms. The molecule has 214 valence electrons. The Morgan fingerprint density at radius 3 is 2.62 bits per heavy atom. The Hall–Kier alpha value is -2.69. The summed E-state index contributed by atoms with van der Waals surface area (Å²) in [5.41, 5.74) is 1.41. The molecular formula is C26H28ClF3N5O3PS. The SMILES string of the molecule is Cc1cc(C(F)(F)F)nn1CC(=O)N1CCC(c2nc(C3=NOC(c4c(Cl)cccc4P(C)(C)=O)C3)cs2)CC1. The highest BCUT2D eigenvalue weighted by molar-refractivity contribution is 7.70. The van der Waals surface area contributed by atoms with Crippen molar-refractivity contribution in [3.63, 3.8) is 0 Å². The first-order valence-corrected chi connectivity index (χ1v) is 16.6. The van der Waals surface area contributed by atoms with Crippen molar-refractivity contribution in [2.24, 2.45) is 5.16 Å². The van der Waals surface area contributed by atoms with Gasteiger partial charge in [-0.15, -0.1) is 11.3 Å². The van der Waals surface area contributed by atoms with Crippen molar-refractivity contribution in [2.45, 2.75) is 50.9 Å². The van der Waals surface area contributed by atoms with Crippen molar-refractivity contribution in [1.82, 2.24) is 19.7 Å². The second kappa shape index (κ2) is 10.9. The average Bonchev–Trinajstić information content (AvgIpc) is 3.63. The fourth-order valence-corrected chi connectivity index (χ4v) is 7.67. The molecule has 14 heteroatoms. The van der Waals surface area contributed by atoms with Crippen molar-refractivity contribution in [2.75, 3.05) is 26.4 Å². The summed E-state index contributed by atoms with van der Waals surface area (Å²) in [7, 11) is -2.59. The molecule has 2 aromatic heterocycles. The van der Waals surface area contributed by atoms with E-state index in [2.05, 4.69) is 10.3 Å². The van der Waals surface area contributed by atoms with Gasteiger partial charge in [0.15, 0.2) is 11.8 Å². The van der Waals surface area contributed by atoms with E-state index in [4.69, 9.17) is 21.4 Å². The minimum absolute atomic E-state index is 0.158. The van der Waals surface area contributed by atoms with Crippen molar-refractivity contribution in [3.05, 3.63) is 62.3 Å². The summed E-state index contributed by atoms with van der Waals surface area (Å²) in [4.78, 5) is 25.0. The van der Waals surface area contributed by atoms with Gasteiger partial charge in [0.1, 0.15) is 19.4 Å². The van der Waals surface area contributed by atoms with Gasteiger partial charge in [-0.05, 0) is 45.2 Å². The summed E-state index contributed by atoms with van der Waals surface area (Å²) in [5.74, 6) is -0.102. The molecule has 0 bridgehead atoms. The van der Waals surface area contributed by atoms with Gasteiger partial charge in [-0.2, -0.15) is 18.3 Å². The van der Waals surface area contributed by atoms with Crippen molar-refractivity contribution in [1.29, 1.82) is 0 Å². The summed E-state index contributed by atoms with van der Waals surface area (Å²) in [5, 5.41) is 11.9. The van der Waals surface area contributed by atoms with Gasteiger partial charge in [-0.25, -0.2) is 4.98 Å². The molecule has 1 saturated heterocycles. The monoisotopic (exact) mass is 613 g/mol. The van der Waals surface area contributed by atoms with Gasteiger partial charge in [0.25, 0.3) is 0 Å². The van der Waals surface area contributed by atoms with Gasteiger partial charge < -0.3 is 14.3 Å². The minimum Gasteiger partial charge on any atom is -0.387 e. The zero-order valence-corrected chi connectivity index (χ0v) is 24.6. The second-order valence-electron chi connectivity index (χ2n) is 10.4. The number of nitrogens with zero attached hydrogens (tertiary/aromatic N) is 5. The van der Waals surface area contributed by atoms with E-state index in [1.165, 1.54) is 18.3 Å². The number of hydrogen-bond donors (Lipinski definition) is 0. The molecule has 4 heterocycles. The van der Waals surface area contributed by atoms with Gasteiger partial charge >= 0.3 is 6.18 Å². The van der Waals surface area contributed by atoms with E-state index in [1.54, 1.807) is 30.4 Å². The van der Waals surface area contributed by atoms with Gasteiger partial charge in [0, 0.05) is 52.4 Å². The third-order valence-electron chi connectivity index (χ3n) is 7.17. The number of amides is 1. The number of oxime groups is 1. The van der Waals surface area contributed by atoms with Crippen LogP contribution in [0, 0.1) is 6.92 Å². The summed E-state index contributed by atoms with van der Waals surface area (Å²) in [6, 6.07) is 6.30. The van der Waals surface area contributed by atoms with Crippen LogP contribution < -0.4 is 5.30 Å². The first-order valence-electron chi connectivity index (χ1n) is 12.7. The highest BCUT2D eigenvalue weighted by atomic mass is 35.5. The second-order valence-corrected chi connectivity index (χ2v) is 14.9. The lowest BCUT2D eigenvalue weighted by molar-refractivity contribution is -0.142. The van der Waals surface area contributed by atoms with E-state index in [0.717, 1.165) is 21.4 Å². The molecule has 5 rings (SSSR count). The maximum Gasteiger partial charge on any atom is 0.435 e. The summed E-state index contributed by atoms with van der Waals surface area (Å²) in [6.07, 6.45) is -3.15. The number of alkyl halides is 3. The highest BCUT2D eigenvalue weighted by Crippen LogP contribution is 2.43. The van der Waals surface area contributed by atoms with Crippen LogP contribution in [-0.4, -0.2) is 57.7 Å². The highest BCUT2D eigenvalue weighted by Gasteiger charge is 2.35. The molecular weight excluding hydrogens is 586 g/mol. The van der Waals surface area contributed by atoms with Gasteiger partial charge in [0.2, 0.25) is 5.91 Å². The number of aromatic nitrogens is 3. The number of rotatable bonds is 6. The van der Waals surface area contributed by atoms with E-state index >= 15 is 0 Å². The molecule has 3 aromatic rings. The molecule has 0 saturated carbocycles.